The van der Waals surface area contributed by atoms with Gasteiger partial charge in [-0.25, -0.2) is 0 Å². The van der Waals surface area contributed by atoms with Gasteiger partial charge in [-0.3, -0.25) is 77.0 Å². The summed E-state index contributed by atoms with van der Waals surface area (Å²) in [5.41, 5.74) is 0.114. The summed E-state index contributed by atoms with van der Waals surface area (Å²) >= 11 is 4.03. The summed E-state index contributed by atoms with van der Waals surface area (Å²) in [7, 11) is 0. The second kappa shape index (κ2) is 55.7. The zero-order valence-electron chi connectivity index (χ0n) is 60.2. The van der Waals surface area contributed by atoms with Crippen molar-refractivity contribution in [3.63, 3.8) is 0 Å². The van der Waals surface area contributed by atoms with Crippen molar-refractivity contribution in [3.05, 3.63) is 70.8 Å². The quantitative estimate of drug-likeness (QED) is 0.0401. The lowest BCUT2D eigenvalue weighted by Crippen LogP contribution is -2.40. The molecule has 3 fully saturated rings. The van der Waals surface area contributed by atoms with Crippen molar-refractivity contribution in [2.45, 2.75) is 352 Å². The van der Waals surface area contributed by atoms with Gasteiger partial charge in [0.15, 0.2) is 17.3 Å². The van der Waals surface area contributed by atoms with Crippen LogP contribution in [-0.2, 0) is 65.8 Å². The molecule has 17 nitrogen and oxygen atoms in total. The van der Waals surface area contributed by atoms with Gasteiger partial charge in [0.2, 0.25) is 35.4 Å². The van der Waals surface area contributed by atoms with E-state index in [9.17, 15) is 62.3 Å². The van der Waals surface area contributed by atoms with E-state index in [1.54, 1.807) is 69.3 Å². The lowest BCUT2D eigenvalue weighted by molar-refractivity contribution is -0.143. The maximum Gasteiger partial charge on any atom is 0.243 e. The van der Waals surface area contributed by atoms with Crippen LogP contribution in [0.15, 0.2) is 48.5 Å². The summed E-state index contributed by atoms with van der Waals surface area (Å²) in [5, 5.41) is 6.75. The predicted molar refractivity (Wildman–Crippen MR) is 482 cm³/mol. The first kappa shape index (κ1) is 139. The number of thioether (sulfide) groups is 3. The van der Waals surface area contributed by atoms with Crippen LogP contribution in [0.3, 0.4) is 0 Å². The molecular formula is C89H172N4O13S3. The summed E-state index contributed by atoms with van der Waals surface area (Å²) in [4.78, 5) is 162. The van der Waals surface area contributed by atoms with E-state index in [1.165, 1.54) is 45.1 Å². The largest absolute Gasteiger partial charge is 0.308 e. The van der Waals surface area contributed by atoms with Gasteiger partial charge in [0.05, 0.1) is 47.6 Å². The topological polar surface area (TPSA) is 255 Å². The molecular weight excluding hydrogens is 1430 g/mol. The Balaban J connectivity index is -0.0000000812. The Morgan fingerprint density at radius 3 is 0.881 bits per heavy atom. The van der Waals surface area contributed by atoms with E-state index in [2.05, 4.69) is 0 Å². The molecule has 3 saturated heterocycles. The van der Waals surface area contributed by atoms with Crippen LogP contribution in [0.25, 0.3) is 0 Å². The van der Waals surface area contributed by atoms with Crippen LogP contribution in [0.2, 0.25) is 0 Å². The zero-order chi connectivity index (χ0) is 72.1. The van der Waals surface area contributed by atoms with Gasteiger partial charge in [0.25, 0.3) is 0 Å². The lowest BCUT2D eigenvalue weighted by atomic mass is 9.82. The average molecular weight is 1600 g/mol. The molecule has 3 aliphatic heterocycles. The first-order chi connectivity index (χ1) is 42.0. The fourth-order valence-electron chi connectivity index (χ4n) is 8.29. The number of carbonyl (C=O) groups is 13. The van der Waals surface area contributed by atoms with Crippen LogP contribution in [-0.4, -0.2) is 136 Å². The predicted octanol–water partition coefficient (Wildman–Crippen LogP) is 23.9. The van der Waals surface area contributed by atoms with Crippen molar-refractivity contribution in [2.24, 2.45) is 43.3 Å². The molecule has 3 aliphatic rings. The molecule has 0 aromatic heterocycles. The summed E-state index contributed by atoms with van der Waals surface area (Å²) in [6, 6.07) is 14.1. The van der Waals surface area contributed by atoms with E-state index < -0.39 is 48.2 Å². The Labute approximate surface area is 685 Å². The van der Waals surface area contributed by atoms with E-state index in [0.717, 1.165) is 16.0 Å². The first-order valence-electron chi connectivity index (χ1n) is 31.9. The zero-order valence-corrected chi connectivity index (χ0v) is 62.7. The third-order valence-corrected chi connectivity index (χ3v) is 19.2. The molecule has 0 spiro atoms. The molecule has 20 heteroatoms. The molecule has 3 heterocycles. The number of amides is 6. The minimum absolute atomic E-state index is 0. The smallest absolute Gasteiger partial charge is 0.243 e. The first-order valence-corrected chi connectivity index (χ1v) is 35.0. The number of benzene rings is 2. The second-order valence-electron chi connectivity index (χ2n) is 32.5. The van der Waals surface area contributed by atoms with Crippen molar-refractivity contribution < 1.29 is 62.3 Å². The van der Waals surface area contributed by atoms with E-state index in [-0.39, 0.29) is 257 Å². The van der Waals surface area contributed by atoms with E-state index in [1.807, 2.05) is 145 Å². The third kappa shape index (κ3) is 44.9. The van der Waals surface area contributed by atoms with Crippen LogP contribution >= 0.6 is 35.3 Å². The molecule has 3 atom stereocenters. The number of hydrogen-bond acceptors (Lipinski definition) is 17. The number of likely N-dealkylation sites (tertiary alicyclic amines) is 3. The van der Waals surface area contributed by atoms with Crippen molar-refractivity contribution in [1.82, 2.24) is 14.7 Å². The maximum atomic E-state index is 12.6. The Bertz CT molecular complexity index is 2950. The van der Waals surface area contributed by atoms with Crippen molar-refractivity contribution in [3.8, 4) is 0 Å². The Morgan fingerprint density at radius 2 is 0.606 bits per heavy atom. The minimum Gasteiger partial charge on any atom is -0.308 e. The second-order valence-corrected chi connectivity index (χ2v) is 36.1. The van der Waals surface area contributed by atoms with Crippen LogP contribution < -0.4 is 0 Å². The van der Waals surface area contributed by atoms with Gasteiger partial charge in [-0.1, -0.05) is 334 Å². The van der Waals surface area contributed by atoms with Gasteiger partial charge in [0, 0.05) is 91.6 Å². The number of imide groups is 3. The Hall–Kier alpha value is -5.73. The van der Waals surface area contributed by atoms with Gasteiger partial charge >= 0.3 is 0 Å². The summed E-state index contributed by atoms with van der Waals surface area (Å²) < 4.78 is 0. The van der Waals surface area contributed by atoms with Crippen LogP contribution in [0, 0.1) is 48.7 Å². The average Bonchev–Trinajstić information content (AvgIpc) is 1.71. The van der Waals surface area contributed by atoms with E-state index in [0.29, 0.717) is 41.2 Å². The minimum atomic E-state index is -0.570. The lowest BCUT2D eigenvalue weighted by Gasteiger charge is -2.21. The molecule has 3 unspecified atom stereocenters. The third-order valence-electron chi connectivity index (χ3n) is 15.5. The molecule has 0 radical (unpaired) electrons. The maximum absolute atomic E-state index is 12.6. The van der Waals surface area contributed by atoms with Gasteiger partial charge < -0.3 is 5.41 Å². The molecule has 2 aromatic carbocycles. The van der Waals surface area contributed by atoms with Crippen LogP contribution in [0.5, 0.6) is 0 Å². The van der Waals surface area contributed by atoms with Crippen molar-refractivity contribution in [2.75, 3.05) is 23.8 Å². The SMILES string of the molecule is C.C.C.C.C.C.C.C.C.C.C.C.C.C.C.C.CC(C)(C)C(=N)CSC1CC(=O)N(Cc2ccc(C(=O)C(C)(C)C)cc2)C1=O.CC(C)(C)C(=O)CC(=O)C(C)(C)C.CC(C)(C)C(=O)CCCSC1CC(=O)N(CC(=O)C(C)(C)C)C1=O.CC(C)(C)C(=O)CSC1CC(=O)N(Cc2ccc(C(=O)C(C)(C)C)cc2)C1=O. The molecule has 1 N–H and O–H groups in total. The van der Waals surface area contributed by atoms with Crippen LogP contribution in [0.1, 0.15) is 355 Å². The fourth-order valence-corrected chi connectivity index (χ4v) is 12.1. The molecule has 0 saturated carbocycles. The van der Waals surface area contributed by atoms with Crippen molar-refractivity contribution >= 4 is 117 Å². The number of hydrogen-bond donors (Lipinski definition) is 1. The summed E-state index contributed by atoms with van der Waals surface area (Å²) in [6.07, 6.45) is 1.70. The summed E-state index contributed by atoms with van der Waals surface area (Å²) in [5.74, 6) is 0.249. The van der Waals surface area contributed by atoms with E-state index >= 15 is 0 Å². The number of Topliss-reactive ketones (excluding diaryl/α,β-unsaturated/α-hetero) is 7. The number of nitrogens with zero attached hydrogens (tertiary/aromatic N) is 3. The number of ketones is 7. The molecule has 6 amide bonds. The summed E-state index contributed by atoms with van der Waals surface area (Å²) in [6.45, 7) is 45.0. The molecule has 644 valence electrons. The number of carbonyl (C=O) groups excluding carboxylic acids is 13. The number of rotatable bonds is 21. The van der Waals surface area contributed by atoms with Gasteiger partial charge in [-0.15, -0.1) is 35.3 Å². The molecule has 0 aliphatic carbocycles. The molecule has 0 bridgehead atoms. The fraction of sp³-hybridized carbons (Fsp3) is 0.708. The van der Waals surface area contributed by atoms with Crippen molar-refractivity contribution in [1.29, 1.82) is 5.41 Å². The Kier molecular flexibility index (Phi) is 70.8. The Morgan fingerprint density at radius 1 is 0.339 bits per heavy atom. The van der Waals surface area contributed by atoms with E-state index in [4.69, 9.17) is 5.41 Å². The highest BCUT2D eigenvalue weighted by Gasteiger charge is 2.43. The van der Waals surface area contributed by atoms with Gasteiger partial charge in [0.1, 0.15) is 23.1 Å². The van der Waals surface area contributed by atoms with Crippen LogP contribution in [0.4, 0.5) is 0 Å². The molecule has 2 aromatic rings. The highest BCUT2D eigenvalue weighted by molar-refractivity contribution is 8.01. The molecule has 109 heavy (non-hydrogen) atoms. The number of nitrogens with one attached hydrogen (secondary N) is 1. The normalized spacial score (nSPS) is 14.9. The van der Waals surface area contributed by atoms with Gasteiger partial charge in [-0.2, -0.15) is 0 Å². The highest BCUT2D eigenvalue weighted by atomic mass is 32.2. The standard InChI is InChI=1S/C22H30N2O3S.C22H29NO4S.C18H29NO4S.C11H20O2.16CH4/c1-21(2,3)17(23)13-28-16-11-18(25)24(20(16)27)12-14-7-9-15(10-8-14)19(26)22(4,5)6;1-21(2,3)17(24)13-28-16-11-18(25)23(20(16)27)12-14-7-9-15(10-8-14)19(26)22(4,5)6;1-17(2,3)13(20)8-7-9-24-12-10-15(22)19(16(12)23)11-14(21)18(4,5)6;1-10(2,3)8(12)7-9(13)11(4,5)6;;;;;;;;;;;;;;;;/h7-10,16,23H,11-13H2,1-6H3;7-10,16H,11-13H2,1-6H3;12H,7-11H2,1-6H3;7H2,1-6H3;16*1H4. The monoisotopic (exact) mass is 1600 g/mol. The highest BCUT2D eigenvalue weighted by Crippen LogP contribution is 2.33. The van der Waals surface area contributed by atoms with Gasteiger partial charge in [-0.05, 0) is 23.3 Å². The molecule has 5 rings (SSSR count).